The minimum absolute atomic E-state index is 0.00538. The average molecular weight is 393 g/mol. The highest BCUT2D eigenvalue weighted by molar-refractivity contribution is 6.30. The summed E-state index contributed by atoms with van der Waals surface area (Å²) in [6, 6.07) is 17.8. The largest absolute Gasteiger partial charge is 0.326 e. The second kappa shape index (κ2) is 8.32. The monoisotopic (exact) mass is 392 g/mol. The van der Waals surface area contributed by atoms with Crippen molar-refractivity contribution >= 4 is 34.1 Å². The molecule has 3 nitrogen and oxygen atoms in total. The number of para-hydroxylation sites is 1. The predicted molar refractivity (Wildman–Crippen MR) is 116 cm³/mol. The number of amides is 1. The van der Waals surface area contributed by atoms with Crippen LogP contribution in [0.15, 0.2) is 60.8 Å². The van der Waals surface area contributed by atoms with Gasteiger partial charge < -0.3 is 5.32 Å². The molecule has 1 heterocycles. The minimum Gasteiger partial charge on any atom is -0.326 e. The lowest BCUT2D eigenvalue weighted by Gasteiger charge is -2.32. The number of halogens is 1. The molecule has 1 N–H and O–H groups in total. The van der Waals surface area contributed by atoms with Crippen molar-refractivity contribution < 1.29 is 4.79 Å². The average Bonchev–Trinajstić information content (AvgIpc) is 2.74. The summed E-state index contributed by atoms with van der Waals surface area (Å²) < 4.78 is 0. The molecule has 1 unspecified atom stereocenters. The van der Waals surface area contributed by atoms with Gasteiger partial charge in [0.25, 0.3) is 0 Å². The Labute approximate surface area is 171 Å². The summed E-state index contributed by atoms with van der Waals surface area (Å²) in [5.41, 5.74) is 3.28. The van der Waals surface area contributed by atoms with Crippen LogP contribution in [0.5, 0.6) is 0 Å². The molecule has 1 aromatic heterocycles. The Morgan fingerprint density at radius 2 is 1.75 bits per heavy atom. The number of pyridine rings is 1. The van der Waals surface area contributed by atoms with Crippen LogP contribution < -0.4 is 5.32 Å². The third-order valence-corrected chi connectivity index (χ3v) is 6.38. The van der Waals surface area contributed by atoms with Crippen molar-refractivity contribution in [2.45, 2.75) is 38.5 Å². The third kappa shape index (κ3) is 4.05. The van der Waals surface area contributed by atoms with Crippen LogP contribution in [-0.4, -0.2) is 10.9 Å². The summed E-state index contributed by atoms with van der Waals surface area (Å²) in [4.78, 5) is 17.2. The molecule has 1 saturated carbocycles. The first-order chi connectivity index (χ1) is 13.6. The number of carbonyl (C=O) groups excluding carboxylic acids is 1. The van der Waals surface area contributed by atoms with Gasteiger partial charge in [-0.05, 0) is 79.5 Å². The highest BCUT2D eigenvalue weighted by Gasteiger charge is 2.30. The highest BCUT2D eigenvalue weighted by Crippen LogP contribution is 2.40. The van der Waals surface area contributed by atoms with Gasteiger partial charge in [0.1, 0.15) is 0 Å². The van der Waals surface area contributed by atoms with Crippen molar-refractivity contribution in [2.24, 2.45) is 11.8 Å². The molecule has 1 aliphatic rings. The Morgan fingerprint density at radius 1 is 1.04 bits per heavy atom. The number of rotatable bonds is 4. The van der Waals surface area contributed by atoms with Crippen molar-refractivity contribution in [1.82, 2.24) is 4.98 Å². The molecular formula is C24H25ClN2O. The molecule has 4 rings (SSSR count). The van der Waals surface area contributed by atoms with E-state index in [0.29, 0.717) is 16.9 Å². The third-order valence-electron chi connectivity index (χ3n) is 6.13. The van der Waals surface area contributed by atoms with E-state index in [0.717, 1.165) is 36.9 Å². The van der Waals surface area contributed by atoms with Gasteiger partial charge in [-0.15, -0.1) is 0 Å². The fourth-order valence-corrected chi connectivity index (χ4v) is 4.53. The summed E-state index contributed by atoms with van der Waals surface area (Å²) in [6.45, 7) is 2.05. The lowest BCUT2D eigenvalue weighted by molar-refractivity contribution is -0.121. The van der Waals surface area contributed by atoms with E-state index >= 15 is 0 Å². The van der Waals surface area contributed by atoms with Crippen molar-refractivity contribution in [3.63, 3.8) is 0 Å². The molecule has 3 aromatic rings. The minimum atomic E-state index is 0.00538. The van der Waals surface area contributed by atoms with Gasteiger partial charge in [-0.3, -0.25) is 9.78 Å². The zero-order valence-electron chi connectivity index (χ0n) is 16.1. The second-order valence-corrected chi connectivity index (χ2v) is 8.25. The topological polar surface area (TPSA) is 42.0 Å². The van der Waals surface area contributed by atoms with Crippen LogP contribution in [0, 0.1) is 11.8 Å². The van der Waals surface area contributed by atoms with Crippen LogP contribution in [0.25, 0.3) is 10.9 Å². The highest BCUT2D eigenvalue weighted by atomic mass is 35.5. The maximum Gasteiger partial charge on any atom is 0.227 e. The predicted octanol–water partition coefficient (Wildman–Crippen LogP) is 6.44. The zero-order valence-corrected chi connectivity index (χ0v) is 16.8. The molecule has 0 saturated heterocycles. The summed E-state index contributed by atoms with van der Waals surface area (Å²) in [7, 11) is 0. The van der Waals surface area contributed by atoms with Crippen LogP contribution in [0.4, 0.5) is 5.69 Å². The first-order valence-corrected chi connectivity index (χ1v) is 10.4. The van der Waals surface area contributed by atoms with Crippen molar-refractivity contribution in [3.8, 4) is 0 Å². The van der Waals surface area contributed by atoms with Gasteiger partial charge in [0, 0.05) is 28.2 Å². The number of nitrogens with zero attached hydrogens (tertiary/aromatic N) is 1. The first-order valence-electron chi connectivity index (χ1n) is 10.0. The quantitative estimate of drug-likeness (QED) is 0.555. The summed E-state index contributed by atoms with van der Waals surface area (Å²) in [6.07, 6.45) is 6.33. The van der Waals surface area contributed by atoms with E-state index in [-0.39, 0.29) is 11.8 Å². The summed E-state index contributed by atoms with van der Waals surface area (Å²) in [5.74, 6) is 1.08. The fourth-order valence-electron chi connectivity index (χ4n) is 4.41. The van der Waals surface area contributed by atoms with Crippen LogP contribution in [0.2, 0.25) is 5.02 Å². The maximum absolute atomic E-state index is 12.7. The van der Waals surface area contributed by atoms with E-state index in [1.165, 1.54) is 10.9 Å². The lowest BCUT2D eigenvalue weighted by Crippen LogP contribution is -2.29. The van der Waals surface area contributed by atoms with Crippen molar-refractivity contribution in [1.29, 1.82) is 0 Å². The number of hydrogen-bond donors (Lipinski definition) is 1. The molecule has 1 fully saturated rings. The fraction of sp³-hybridized carbons (Fsp3) is 0.333. The molecule has 0 spiro atoms. The van der Waals surface area contributed by atoms with Gasteiger partial charge in [-0.1, -0.05) is 36.7 Å². The van der Waals surface area contributed by atoms with Crippen molar-refractivity contribution in [2.75, 3.05) is 5.32 Å². The number of aromatic nitrogens is 1. The van der Waals surface area contributed by atoms with Crippen LogP contribution in [-0.2, 0) is 4.79 Å². The Balaban J connectivity index is 1.39. The molecule has 0 radical (unpaired) electrons. The Kier molecular flexibility index (Phi) is 5.63. The lowest BCUT2D eigenvalue weighted by atomic mass is 9.73. The zero-order chi connectivity index (χ0) is 19.5. The van der Waals surface area contributed by atoms with Crippen LogP contribution in [0.3, 0.4) is 0 Å². The maximum atomic E-state index is 12.7. The van der Waals surface area contributed by atoms with E-state index in [1.54, 1.807) is 12.1 Å². The van der Waals surface area contributed by atoms with E-state index in [2.05, 4.69) is 41.5 Å². The van der Waals surface area contributed by atoms with E-state index < -0.39 is 0 Å². The Bertz CT molecular complexity index is 957. The van der Waals surface area contributed by atoms with E-state index in [1.807, 2.05) is 24.4 Å². The van der Waals surface area contributed by atoms with Gasteiger partial charge in [-0.2, -0.15) is 0 Å². The molecule has 0 aliphatic heterocycles. The molecule has 144 valence electrons. The van der Waals surface area contributed by atoms with Crippen LogP contribution >= 0.6 is 11.6 Å². The van der Waals surface area contributed by atoms with Gasteiger partial charge >= 0.3 is 0 Å². The number of anilines is 1. The number of hydrogen-bond acceptors (Lipinski definition) is 2. The summed E-state index contributed by atoms with van der Waals surface area (Å²) in [5, 5.41) is 4.97. The van der Waals surface area contributed by atoms with Gasteiger partial charge in [0.2, 0.25) is 5.91 Å². The van der Waals surface area contributed by atoms with Crippen LogP contribution in [0.1, 0.15) is 44.1 Å². The van der Waals surface area contributed by atoms with Gasteiger partial charge in [0.15, 0.2) is 0 Å². The number of benzene rings is 2. The van der Waals surface area contributed by atoms with Gasteiger partial charge in [-0.25, -0.2) is 0 Å². The molecular weight excluding hydrogens is 368 g/mol. The second-order valence-electron chi connectivity index (χ2n) is 7.81. The number of carbonyl (C=O) groups is 1. The van der Waals surface area contributed by atoms with Crippen molar-refractivity contribution in [3.05, 3.63) is 71.4 Å². The molecule has 2 aromatic carbocycles. The van der Waals surface area contributed by atoms with E-state index in [9.17, 15) is 4.79 Å². The Morgan fingerprint density at radius 3 is 2.50 bits per heavy atom. The number of nitrogens with one attached hydrogen (secondary N) is 1. The molecule has 4 heteroatoms. The van der Waals surface area contributed by atoms with Gasteiger partial charge in [0.05, 0.1) is 5.52 Å². The summed E-state index contributed by atoms with van der Waals surface area (Å²) >= 11 is 5.92. The molecule has 0 bridgehead atoms. The SMILES string of the molecule is CC(C(=O)Nc1ccc(Cl)cc1)C1CCC(c2ccnc3ccccc23)CC1. The Hall–Kier alpha value is -2.39. The standard InChI is InChI=1S/C24H25ClN2O/c1-16(24(28)27-20-12-10-19(25)11-13-20)17-6-8-18(9-7-17)21-14-15-26-23-5-3-2-4-22(21)23/h2-5,10-18H,6-9H2,1H3,(H,27,28). The normalized spacial score (nSPS) is 20.6. The molecule has 1 atom stereocenters. The smallest absolute Gasteiger partial charge is 0.227 e. The molecule has 28 heavy (non-hydrogen) atoms. The number of fused-ring (bicyclic) bond motifs is 1. The first kappa shape index (κ1) is 18.9. The molecule has 1 aliphatic carbocycles. The van der Waals surface area contributed by atoms with E-state index in [4.69, 9.17) is 11.6 Å². The molecule has 1 amide bonds.